The molecule has 1 spiro atoms. The number of rotatable bonds is 1. The van der Waals surface area contributed by atoms with Gasteiger partial charge in [-0.25, -0.2) is 4.79 Å². The minimum atomic E-state index is -0.838. The van der Waals surface area contributed by atoms with Crippen LogP contribution < -0.4 is 5.32 Å². The van der Waals surface area contributed by atoms with Gasteiger partial charge in [0.1, 0.15) is 16.5 Å². The number of nitrogens with one attached hydrogen (secondary N) is 1. The van der Waals surface area contributed by atoms with E-state index >= 15 is 0 Å². The summed E-state index contributed by atoms with van der Waals surface area (Å²) in [5.41, 5.74) is -0.500. The number of nitrogens with zero attached hydrogens (tertiary/aromatic N) is 1. The summed E-state index contributed by atoms with van der Waals surface area (Å²) in [6.45, 7) is 6.46. The Morgan fingerprint density at radius 1 is 1.44 bits per heavy atom. The van der Waals surface area contributed by atoms with Crippen LogP contribution in [0.1, 0.15) is 20.8 Å². The molecule has 7 heteroatoms. The van der Waals surface area contributed by atoms with Crippen molar-refractivity contribution in [3.05, 3.63) is 0 Å². The smallest absolute Gasteiger partial charge is 0.410 e. The molecule has 2 N–H and O–H groups in total. The van der Waals surface area contributed by atoms with Crippen molar-refractivity contribution in [1.29, 1.82) is 0 Å². The number of hydrogen-bond donors (Lipinski definition) is 2. The van der Waals surface area contributed by atoms with Crippen molar-refractivity contribution in [3.8, 4) is 0 Å². The van der Waals surface area contributed by atoms with E-state index in [1.54, 1.807) is 16.7 Å². The van der Waals surface area contributed by atoms with E-state index in [1.807, 2.05) is 20.8 Å². The molecule has 2 aliphatic rings. The van der Waals surface area contributed by atoms with E-state index in [0.717, 1.165) is 0 Å². The van der Waals surface area contributed by atoms with Gasteiger partial charge in [-0.2, -0.15) is 0 Å². The van der Waals surface area contributed by atoms with Gasteiger partial charge in [-0.05, 0) is 20.8 Å². The van der Waals surface area contributed by atoms with E-state index in [1.165, 1.54) is 0 Å². The minimum Gasteiger partial charge on any atom is -0.480 e. The van der Waals surface area contributed by atoms with Crippen LogP contribution in [0, 0.1) is 0 Å². The molecule has 0 aliphatic carbocycles. The van der Waals surface area contributed by atoms with Gasteiger partial charge in [0.25, 0.3) is 0 Å². The summed E-state index contributed by atoms with van der Waals surface area (Å²) in [5.74, 6) is -0.299. The first-order valence-electron chi connectivity index (χ1n) is 5.83. The third-order valence-electron chi connectivity index (χ3n) is 2.81. The first-order valence-corrected chi connectivity index (χ1v) is 6.82. The Kier molecular flexibility index (Phi) is 3.23. The Morgan fingerprint density at radius 3 is 2.50 bits per heavy atom. The summed E-state index contributed by atoms with van der Waals surface area (Å²) < 4.78 is 5.25. The van der Waals surface area contributed by atoms with Crippen LogP contribution in [-0.2, 0) is 9.53 Å². The summed E-state index contributed by atoms with van der Waals surface area (Å²) in [4.78, 5) is 23.9. The molecule has 0 aromatic heterocycles. The normalized spacial score (nSPS) is 25.9. The Hall–Kier alpha value is -0.950. The monoisotopic (exact) mass is 274 g/mol. The molecule has 0 aromatic rings. The molecule has 0 aromatic carbocycles. The molecule has 2 aliphatic heterocycles. The Morgan fingerprint density at radius 2 is 2.06 bits per heavy atom. The number of hydrogen-bond acceptors (Lipinski definition) is 5. The highest BCUT2D eigenvalue weighted by atomic mass is 32.2. The van der Waals surface area contributed by atoms with E-state index < -0.39 is 17.6 Å². The van der Waals surface area contributed by atoms with E-state index in [4.69, 9.17) is 9.84 Å². The molecule has 1 atom stereocenters. The van der Waals surface area contributed by atoms with Gasteiger partial charge >= 0.3 is 12.1 Å². The molecule has 2 fully saturated rings. The number of thioether (sulfide) groups is 1. The third-order valence-corrected chi connectivity index (χ3v) is 4.23. The predicted molar refractivity (Wildman–Crippen MR) is 67.6 cm³/mol. The zero-order chi connectivity index (χ0) is 13.6. The van der Waals surface area contributed by atoms with E-state index in [9.17, 15) is 9.59 Å². The maximum absolute atomic E-state index is 11.7. The summed E-state index contributed by atoms with van der Waals surface area (Å²) in [7, 11) is 0. The minimum absolute atomic E-state index is 0.292. The number of likely N-dealkylation sites (tertiary alicyclic amines) is 1. The Labute approximate surface area is 110 Å². The van der Waals surface area contributed by atoms with Crippen LogP contribution in [-0.4, -0.2) is 57.4 Å². The molecule has 0 saturated carbocycles. The summed E-state index contributed by atoms with van der Waals surface area (Å²) in [6, 6.07) is -0.518. The summed E-state index contributed by atoms with van der Waals surface area (Å²) in [6.07, 6.45) is -0.339. The lowest BCUT2D eigenvalue weighted by Crippen LogP contribution is -2.68. The molecule has 1 unspecified atom stereocenters. The third kappa shape index (κ3) is 2.72. The summed E-state index contributed by atoms with van der Waals surface area (Å²) in [5, 5.41) is 12.0. The standard InChI is InChI=1S/C11H18N2O4S/c1-10(2,3)17-9(16)13-5-11(6-13)12-7(4-18-11)8(14)15/h7,12H,4-6H2,1-3H3,(H,14,15). The average molecular weight is 274 g/mol. The number of aliphatic carboxylic acids is 1. The first-order chi connectivity index (χ1) is 8.21. The maximum Gasteiger partial charge on any atom is 0.410 e. The fraction of sp³-hybridized carbons (Fsp3) is 0.818. The lowest BCUT2D eigenvalue weighted by molar-refractivity contribution is -0.139. The molecular weight excluding hydrogens is 256 g/mol. The SMILES string of the molecule is CC(C)(C)OC(=O)N1CC2(C1)NC(C(=O)O)CS2. The van der Waals surface area contributed by atoms with Crippen molar-refractivity contribution in [2.75, 3.05) is 18.8 Å². The van der Waals surface area contributed by atoms with E-state index in [2.05, 4.69) is 5.32 Å². The van der Waals surface area contributed by atoms with Gasteiger partial charge in [0.2, 0.25) is 0 Å². The van der Waals surface area contributed by atoms with Gasteiger partial charge < -0.3 is 14.7 Å². The highest BCUT2D eigenvalue weighted by Crippen LogP contribution is 2.38. The van der Waals surface area contributed by atoms with Crippen LogP contribution in [0.15, 0.2) is 0 Å². The molecule has 2 heterocycles. The molecule has 2 saturated heterocycles. The number of carboxylic acids is 1. The van der Waals surface area contributed by atoms with Gasteiger partial charge in [-0.1, -0.05) is 0 Å². The number of carbonyl (C=O) groups is 2. The van der Waals surface area contributed by atoms with Crippen LogP contribution in [0.3, 0.4) is 0 Å². The average Bonchev–Trinajstić information content (AvgIpc) is 2.56. The van der Waals surface area contributed by atoms with Crippen LogP contribution in [0.4, 0.5) is 4.79 Å². The van der Waals surface area contributed by atoms with Crippen molar-refractivity contribution >= 4 is 23.8 Å². The van der Waals surface area contributed by atoms with Gasteiger partial charge in [0.15, 0.2) is 0 Å². The molecule has 0 radical (unpaired) electrons. The number of carboxylic acid groups (broad SMARTS) is 1. The highest BCUT2D eigenvalue weighted by molar-refractivity contribution is 8.01. The lowest BCUT2D eigenvalue weighted by Gasteiger charge is -2.47. The Bertz CT molecular complexity index is 374. The molecular formula is C11H18N2O4S. The first kappa shape index (κ1) is 13.5. The number of carbonyl (C=O) groups excluding carboxylic acids is 1. The second kappa shape index (κ2) is 4.31. The van der Waals surface area contributed by atoms with Gasteiger partial charge in [-0.15, -0.1) is 11.8 Å². The van der Waals surface area contributed by atoms with Gasteiger partial charge in [0, 0.05) is 5.75 Å². The fourth-order valence-corrected chi connectivity index (χ4v) is 3.42. The van der Waals surface area contributed by atoms with Crippen molar-refractivity contribution in [1.82, 2.24) is 10.2 Å². The number of ether oxygens (including phenoxy) is 1. The van der Waals surface area contributed by atoms with Gasteiger partial charge in [-0.3, -0.25) is 10.1 Å². The van der Waals surface area contributed by atoms with Gasteiger partial charge in [0.05, 0.1) is 13.1 Å². The molecule has 6 nitrogen and oxygen atoms in total. The van der Waals surface area contributed by atoms with Crippen molar-refractivity contribution in [2.24, 2.45) is 0 Å². The molecule has 18 heavy (non-hydrogen) atoms. The van der Waals surface area contributed by atoms with Crippen molar-refractivity contribution in [2.45, 2.75) is 37.3 Å². The quantitative estimate of drug-likeness (QED) is 0.733. The second-order valence-corrected chi connectivity index (χ2v) is 7.08. The Balaban J connectivity index is 1.84. The molecule has 1 amide bonds. The molecule has 0 bridgehead atoms. The van der Waals surface area contributed by atoms with Crippen molar-refractivity contribution in [3.63, 3.8) is 0 Å². The van der Waals surface area contributed by atoms with Crippen LogP contribution >= 0.6 is 11.8 Å². The largest absolute Gasteiger partial charge is 0.480 e. The van der Waals surface area contributed by atoms with Crippen LogP contribution in [0.2, 0.25) is 0 Å². The summed E-state index contributed by atoms with van der Waals surface area (Å²) >= 11 is 1.57. The zero-order valence-corrected chi connectivity index (χ0v) is 11.5. The van der Waals surface area contributed by atoms with Crippen LogP contribution in [0.5, 0.6) is 0 Å². The molecule has 102 valence electrons. The topological polar surface area (TPSA) is 78.9 Å². The number of amides is 1. The predicted octanol–water partition coefficient (Wildman–Crippen LogP) is 0.723. The van der Waals surface area contributed by atoms with E-state index in [-0.39, 0.29) is 11.0 Å². The maximum atomic E-state index is 11.7. The lowest BCUT2D eigenvalue weighted by atomic mass is 10.1. The highest BCUT2D eigenvalue weighted by Gasteiger charge is 2.52. The van der Waals surface area contributed by atoms with Crippen molar-refractivity contribution < 1.29 is 19.4 Å². The van der Waals surface area contributed by atoms with E-state index in [0.29, 0.717) is 18.8 Å². The van der Waals surface area contributed by atoms with Crippen LogP contribution in [0.25, 0.3) is 0 Å². The fourth-order valence-electron chi connectivity index (χ4n) is 1.99. The zero-order valence-electron chi connectivity index (χ0n) is 10.7. The second-order valence-electron chi connectivity index (χ2n) is 5.68. The molecule has 2 rings (SSSR count).